The highest BCUT2D eigenvalue weighted by molar-refractivity contribution is 9.10. The molecular formula is C13H8BrClFNO3. The Morgan fingerprint density at radius 3 is 2.65 bits per heavy atom. The molecule has 2 rings (SSSR count). The molecule has 0 aromatic heterocycles. The summed E-state index contributed by atoms with van der Waals surface area (Å²) in [7, 11) is 0. The summed E-state index contributed by atoms with van der Waals surface area (Å²) in [4.78, 5) is 10.1. The number of ether oxygens (including phenoxy) is 1. The zero-order valence-electron chi connectivity index (χ0n) is 9.98. The summed E-state index contributed by atoms with van der Waals surface area (Å²) in [5.74, 6) is -0.0875. The normalized spacial score (nSPS) is 10.3. The van der Waals surface area contributed by atoms with Gasteiger partial charge in [-0.3, -0.25) is 10.1 Å². The van der Waals surface area contributed by atoms with Gasteiger partial charge in [0.1, 0.15) is 18.2 Å². The van der Waals surface area contributed by atoms with Crippen LogP contribution in [-0.4, -0.2) is 4.92 Å². The number of halogens is 3. The molecule has 20 heavy (non-hydrogen) atoms. The van der Waals surface area contributed by atoms with Gasteiger partial charge in [-0.15, -0.1) is 0 Å². The van der Waals surface area contributed by atoms with Crippen molar-refractivity contribution >= 4 is 33.2 Å². The quantitative estimate of drug-likeness (QED) is 0.585. The largest absolute Gasteiger partial charge is 0.489 e. The van der Waals surface area contributed by atoms with Crippen LogP contribution in [0, 0.1) is 15.9 Å². The molecule has 0 aliphatic carbocycles. The first-order valence-corrected chi connectivity index (χ1v) is 6.64. The van der Waals surface area contributed by atoms with Crippen LogP contribution in [0.1, 0.15) is 5.56 Å². The number of non-ortho nitro benzene ring substituents is 1. The number of nitro benzene ring substituents is 1. The van der Waals surface area contributed by atoms with Gasteiger partial charge >= 0.3 is 0 Å². The third-order valence-electron chi connectivity index (χ3n) is 2.48. The maximum atomic E-state index is 13.2. The lowest BCUT2D eigenvalue weighted by Gasteiger charge is -2.08. The molecule has 0 amide bonds. The van der Waals surface area contributed by atoms with Crippen molar-refractivity contribution in [2.24, 2.45) is 0 Å². The maximum Gasteiger partial charge on any atom is 0.270 e. The highest BCUT2D eigenvalue weighted by Gasteiger charge is 2.10. The minimum atomic E-state index is -0.528. The Bertz CT molecular complexity index is 646. The van der Waals surface area contributed by atoms with Crippen LogP contribution in [0.15, 0.2) is 40.9 Å². The Balaban J connectivity index is 2.12. The van der Waals surface area contributed by atoms with E-state index < -0.39 is 10.7 Å². The molecule has 2 aromatic carbocycles. The second-order valence-electron chi connectivity index (χ2n) is 3.93. The molecule has 0 radical (unpaired) electrons. The van der Waals surface area contributed by atoms with E-state index in [-0.39, 0.29) is 17.3 Å². The summed E-state index contributed by atoms with van der Waals surface area (Å²) in [6, 6.07) is 8.26. The molecule has 0 saturated carbocycles. The van der Waals surface area contributed by atoms with Gasteiger partial charge in [0.25, 0.3) is 5.69 Å². The maximum absolute atomic E-state index is 13.2. The molecule has 0 saturated heterocycles. The monoisotopic (exact) mass is 359 g/mol. The standard InChI is InChI=1S/C13H8BrClFNO3/c14-9-3-10(16)5-12(4-9)20-7-8-1-2-11(17(18)19)6-13(8)15/h1-6H,7H2. The van der Waals surface area contributed by atoms with E-state index in [9.17, 15) is 14.5 Å². The van der Waals surface area contributed by atoms with Crippen LogP contribution in [-0.2, 0) is 6.61 Å². The molecule has 0 fully saturated rings. The number of hydrogen-bond donors (Lipinski definition) is 0. The van der Waals surface area contributed by atoms with Crippen LogP contribution in [0.5, 0.6) is 5.75 Å². The summed E-state index contributed by atoms with van der Waals surface area (Å²) in [6.07, 6.45) is 0. The lowest BCUT2D eigenvalue weighted by molar-refractivity contribution is -0.384. The van der Waals surface area contributed by atoms with E-state index in [2.05, 4.69) is 15.9 Å². The van der Waals surface area contributed by atoms with E-state index in [1.54, 1.807) is 6.07 Å². The highest BCUT2D eigenvalue weighted by Crippen LogP contribution is 2.25. The van der Waals surface area contributed by atoms with Gasteiger partial charge in [-0.1, -0.05) is 27.5 Å². The predicted molar refractivity (Wildman–Crippen MR) is 76.5 cm³/mol. The van der Waals surface area contributed by atoms with Crippen molar-refractivity contribution < 1.29 is 14.1 Å². The lowest BCUT2D eigenvalue weighted by Crippen LogP contribution is -1.98. The third-order valence-corrected chi connectivity index (χ3v) is 3.29. The minimum absolute atomic E-state index is 0.0900. The van der Waals surface area contributed by atoms with Crippen molar-refractivity contribution in [1.82, 2.24) is 0 Å². The average Bonchev–Trinajstić information content (AvgIpc) is 2.36. The van der Waals surface area contributed by atoms with Crippen molar-refractivity contribution in [2.75, 3.05) is 0 Å². The SMILES string of the molecule is O=[N+]([O-])c1ccc(COc2cc(F)cc(Br)c2)c(Cl)c1. The number of nitro groups is 1. The molecule has 0 bridgehead atoms. The lowest BCUT2D eigenvalue weighted by atomic mass is 10.2. The van der Waals surface area contributed by atoms with Gasteiger partial charge < -0.3 is 4.74 Å². The number of benzene rings is 2. The van der Waals surface area contributed by atoms with E-state index in [1.807, 2.05) is 0 Å². The average molecular weight is 361 g/mol. The van der Waals surface area contributed by atoms with Crippen LogP contribution >= 0.6 is 27.5 Å². The molecule has 0 atom stereocenters. The van der Waals surface area contributed by atoms with Gasteiger partial charge in [0, 0.05) is 28.2 Å². The Kier molecular flexibility index (Phi) is 4.57. The minimum Gasteiger partial charge on any atom is -0.489 e. The topological polar surface area (TPSA) is 52.4 Å². The first-order valence-electron chi connectivity index (χ1n) is 5.47. The van der Waals surface area contributed by atoms with Gasteiger partial charge in [-0.05, 0) is 18.2 Å². The van der Waals surface area contributed by atoms with Gasteiger partial charge in [-0.2, -0.15) is 0 Å². The summed E-state index contributed by atoms with van der Waals surface area (Å²) in [5, 5.41) is 10.8. The first-order chi connectivity index (χ1) is 9.45. The first kappa shape index (κ1) is 14.7. The van der Waals surface area contributed by atoms with Gasteiger partial charge in [-0.25, -0.2) is 4.39 Å². The van der Waals surface area contributed by atoms with Crippen molar-refractivity contribution in [3.05, 3.63) is 67.4 Å². The molecule has 0 heterocycles. The zero-order valence-corrected chi connectivity index (χ0v) is 12.3. The Labute approximate surface area is 127 Å². The molecule has 0 unspecified atom stereocenters. The summed E-state index contributed by atoms with van der Waals surface area (Å²) in [6.45, 7) is 0.0900. The molecule has 0 N–H and O–H groups in total. The number of rotatable bonds is 4. The second kappa shape index (κ2) is 6.19. The second-order valence-corrected chi connectivity index (χ2v) is 5.25. The molecule has 0 spiro atoms. The van der Waals surface area contributed by atoms with Crippen molar-refractivity contribution in [3.8, 4) is 5.75 Å². The highest BCUT2D eigenvalue weighted by atomic mass is 79.9. The van der Waals surface area contributed by atoms with E-state index in [0.717, 1.165) is 0 Å². The summed E-state index contributed by atoms with van der Waals surface area (Å²) in [5.41, 5.74) is 0.491. The third kappa shape index (κ3) is 3.68. The van der Waals surface area contributed by atoms with E-state index in [0.29, 0.717) is 15.8 Å². The van der Waals surface area contributed by atoms with Crippen LogP contribution in [0.25, 0.3) is 0 Å². The summed E-state index contributed by atoms with van der Waals surface area (Å²) >= 11 is 9.09. The van der Waals surface area contributed by atoms with Crippen LogP contribution < -0.4 is 4.74 Å². The fourth-order valence-corrected chi connectivity index (χ4v) is 2.21. The van der Waals surface area contributed by atoms with Crippen LogP contribution in [0.3, 0.4) is 0 Å². The number of hydrogen-bond acceptors (Lipinski definition) is 3. The van der Waals surface area contributed by atoms with Crippen molar-refractivity contribution in [2.45, 2.75) is 6.61 Å². The van der Waals surface area contributed by atoms with Crippen molar-refractivity contribution in [1.29, 1.82) is 0 Å². The van der Waals surface area contributed by atoms with E-state index in [1.165, 1.54) is 30.3 Å². The number of nitrogens with zero attached hydrogens (tertiary/aromatic N) is 1. The smallest absolute Gasteiger partial charge is 0.270 e. The molecule has 0 aliphatic heterocycles. The molecule has 2 aromatic rings. The molecule has 4 nitrogen and oxygen atoms in total. The summed E-state index contributed by atoms with van der Waals surface area (Å²) < 4.78 is 19.1. The van der Waals surface area contributed by atoms with Gasteiger partial charge in [0.2, 0.25) is 0 Å². The van der Waals surface area contributed by atoms with Crippen molar-refractivity contribution in [3.63, 3.8) is 0 Å². The molecular weight excluding hydrogens is 353 g/mol. The zero-order chi connectivity index (χ0) is 14.7. The Hall–Kier alpha value is -1.66. The van der Waals surface area contributed by atoms with E-state index in [4.69, 9.17) is 16.3 Å². The molecule has 104 valence electrons. The van der Waals surface area contributed by atoms with Crippen LogP contribution in [0.2, 0.25) is 5.02 Å². The fourth-order valence-electron chi connectivity index (χ4n) is 1.54. The van der Waals surface area contributed by atoms with Gasteiger partial charge in [0.15, 0.2) is 0 Å². The van der Waals surface area contributed by atoms with Gasteiger partial charge in [0.05, 0.1) is 9.95 Å². The van der Waals surface area contributed by atoms with Crippen LogP contribution in [0.4, 0.5) is 10.1 Å². The Morgan fingerprint density at radius 2 is 2.05 bits per heavy atom. The molecule has 0 aliphatic rings. The van der Waals surface area contributed by atoms with E-state index >= 15 is 0 Å². The predicted octanol–water partition coefficient (Wildman–Crippen LogP) is 4.73. The Morgan fingerprint density at radius 1 is 1.30 bits per heavy atom. The fraction of sp³-hybridized carbons (Fsp3) is 0.0769. The molecule has 7 heteroatoms.